The molecule has 3 aromatic carbocycles. The fourth-order valence-corrected chi connectivity index (χ4v) is 8.19. The second-order valence-electron chi connectivity index (χ2n) is 12.6. The molecule has 0 unspecified atom stereocenters. The average Bonchev–Trinajstić information content (AvgIpc) is 3.32. The number of carbonyl (C=O) groups is 4. The molecule has 8 heteroatoms. The quantitative estimate of drug-likeness (QED) is 0.256. The molecule has 45 heavy (non-hydrogen) atoms. The lowest BCUT2D eigenvalue weighted by molar-refractivity contribution is -0.123. The summed E-state index contributed by atoms with van der Waals surface area (Å²) in [6.07, 6.45) is 3.91. The largest absolute Gasteiger partial charge is 0.508 e. The molecular formula is C37H32N2O6. The summed E-state index contributed by atoms with van der Waals surface area (Å²) in [4.78, 5) is 59.1. The van der Waals surface area contributed by atoms with Gasteiger partial charge in [-0.15, -0.1) is 0 Å². The van der Waals surface area contributed by atoms with Gasteiger partial charge in [0.1, 0.15) is 5.75 Å². The van der Waals surface area contributed by atoms with E-state index in [2.05, 4.69) is 4.90 Å². The molecule has 3 aliphatic carbocycles. The number of hydrogen-bond acceptors (Lipinski definition) is 7. The van der Waals surface area contributed by atoms with Crippen molar-refractivity contribution in [3.8, 4) is 5.75 Å². The number of benzene rings is 3. The molecule has 0 spiro atoms. The van der Waals surface area contributed by atoms with Gasteiger partial charge in [0.05, 0.1) is 30.7 Å². The number of morpholine rings is 1. The molecule has 2 fully saturated rings. The highest BCUT2D eigenvalue weighted by Gasteiger charge is 2.57. The van der Waals surface area contributed by atoms with Gasteiger partial charge in [-0.25, -0.2) is 0 Å². The van der Waals surface area contributed by atoms with E-state index in [1.807, 2.05) is 60.7 Å². The Bertz CT molecular complexity index is 1910. The van der Waals surface area contributed by atoms with Gasteiger partial charge < -0.3 is 14.7 Å². The molecule has 0 bridgehead atoms. The van der Waals surface area contributed by atoms with Crippen LogP contribution in [-0.4, -0.2) is 54.8 Å². The first-order valence-electron chi connectivity index (χ1n) is 15.5. The molecule has 1 N–H and O–H groups in total. The molecule has 8 rings (SSSR count). The van der Waals surface area contributed by atoms with Crippen molar-refractivity contribution in [2.24, 2.45) is 17.8 Å². The van der Waals surface area contributed by atoms with E-state index in [-0.39, 0.29) is 35.6 Å². The number of ketones is 2. The fraction of sp³-hybridized carbons (Fsp3) is 0.297. The van der Waals surface area contributed by atoms with Crippen molar-refractivity contribution in [2.75, 3.05) is 36.1 Å². The molecule has 4 atom stereocenters. The van der Waals surface area contributed by atoms with Crippen LogP contribution in [0.15, 0.2) is 95.1 Å². The molecule has 3 aromatic rings. The number of rotatable bonds is 3. The number of carbonyl (C=O) groups excluding carboxylic acids is 4. The minimum Gasteiger partial charge on any atom is -0.508 e. The predicted molar refractivity (Wildman–Crippen MR) is 169 cm³/mol. The number of anilines is 2. The first-order chi connectivity index (χ1) is 21.8. The average molecular weight is 601 g/mol. The van der Waals surface area contributed by atoms with E-state index in [1.54, 1.807) is 13.0 Å². The molecular weight excluding hydrogens is 568 g/mol. The summed E-state index contributed by atoms with van der Waals surface area (Å²) >= 11 is 0. The number of aromatic hydroxyl groups is 1. The van der Waals surface area contributed by atoms with E-state index in [1.165, 1.54) is 11.0 Å². The van der Waals surface area contributed by atoms with Crippen molar-refractivity contribution in [1.82, 2.24) is 0 Å². The van der Waals surface area contributed by atoms with Gasteiger partial charge in [-0.1, -0.05) is 42.0 Å². The van der Waals surface area contributed by atoms with E-state index in [0.29, 0.717) is 47.6 Å². The smallest absolute Gasteiger partial charge is 0.238 e. The molecule has 0 saturated carbocycles. The summed E-state index contributed by atoms with van der Waals surface area (Å²) in [5.74, 6) is -3.41. The van der Waals surface area contributed by atoms with Crippen LogP contribution in [0.5, 0.6) is 5.75 Å². The zero-order chi connectivity index (χ0) is 31.0. The van der Waals surface area contributed by atoms with Gasteiger partial charge in [0.25, 0.3) is 0 Å². The number of phenols is 1. The molecule has 2 saturated heterocycles. The van der Waals surface area contributed by atoms with E-state index in [0.717, 1.165) is 35.1 Å². The lowest BCUT2D eigenvalue weighted by atomic mass is 9.59. The Kier molecular flexibility index (Phi) is 6.39. The maximum absolute atomic E-state index is 14.3. The summed E-state index contributed by atoms with van der Waals surface area (Å²) in [5.41, 5.74) is 4.02. The van der Waals surface area contributed by atoms with Gasteiger partial charge in [0.15, 0.2) is 11.6 Å². The molecule has 2 aliphatic heterocycles. The van der Waals surface area contributed by atoms with Gasteiger partial charge in [-0.05, 0) is 72.9 Å². The van der Waals surface area contributed by atoms with Gasteiger partial charge in [0.2, 0.25) is 11.8 Å². The third kappa shape index (κ3) is 4.15. The van der Waals surface area contributed by atoms with Crippen molar-refractivity contribution in [2.45, 2.75) is 25.7 Å². The minimum atomic E-state index is -0.712. The third-order valence-corrected chi connectivity index (χ3v) is 10.3. The first kappa shape index (κ1) is 27.7. The topological polar surface area (TPSA) is 104 Å². The van der Waals surface area contributed by atoms with Gasteiger partial charge >= 0.3 is 0 Å². The molecule has 5 aliphatic rings. The second-order valence-corrected chi connectivity index (χ2v) is 12.6. The zero-order valence-electron chi connectivity index (χ0n) is 24.9. The van der Waals surface area contributed by atoms with Crippen molar-refractivity contribution >= 4 is 45.5 Å². The van der Waals surface area contributed by atoms with Crippen molar-refractivity contribution in [3.63, 3.8) is 0 Å². The lowest BCUT2D eigenvalue weighted by Crippen LogP contribution is -2.40. The maximum atomic E-state index is 14.3. The van der Waals surface area contributed by atoms with Gasteiger partial charge in [0, 0.05) is 47.0 Å². The van der Waals surface area contributed by atoms with Gasteiger partial charge in [-0.3, -0.25) is 24.1 Å². The van der Waals surface area contributed by atoms with Crippen LogP contribution in [0.2, 0.25) is 0 Å². The van der Waals surface area contributed by atoms with Crippen molar-refractivity contribution < 1.29 is 29.0 Å². The Balaban J connectivity index is 1.22. The Labute approximate surface area is 260 Å². The Hall–Kier alpha value is -4.82. The van der Waals surface area contributed by atoms with Crippen LogP contribution < -0.4 is 9.80 Å². The Morgan fingerprint density at radius 1 is 0.844 bits per heavy atom. The van der Waals surface area contributed by atoms with Gasteiger partial charge in [-0.2, -0.15) is 0 Å². The van der Waals surface area contributed by atoms with Crippen molar-refractivity contribution in [3.05, 3.63) is 101 Å². The fourth-order valence-electron chi connectivity index (χ4n) is 8.19. The van der Waals surface area contributed by atoms with E-state index >= 15 is 0 Å². The molecule has 0 radical (unpaired) electrons. The third-order valence-electron chi connectivity index (χ3n) is 10.3. The number of nitrogens with zero attached hydrogens (tertiary/aromatic N) is 2. The molecule has 2 amide bonds. The number of allylic oxidation sites excluding steroid dienone is 6. The van der Waals surface area contributed by atoms with Crippen LogP contribution in [0.3, 0.4) is 0 Å². The molecule has 2 heterocycles. The minimum absolute atomic E-state index is 0.0246. The summed E-state index contributed by atoms with van der Waals surface area (Å²) in [7, 11) is 0. The number of fused-ring (bicyclic) bond motifs is 4. The monoisotopic (exact) mass is 600 g/mol. The van der Waals surface area contributed by atoms with Crippen LogP contribution in [0.4, 0.5) is 11.4 Å². The molecule has 8 nitrogen and oxygen atoms in total. The zero-order valence-corrected chi connectivity index (χ0v) is 24.9. The predicted octanol–water partition coefficient (Wildman–Crippen LogP) is 5.02. The van der Waals surface area contributed by atoms with E-state index in [9.17, 15) is 24.3 Å². The van der Waals surface area contributed by atoms with E-state index < -0.39 is 23.7 Å². The van der Waals surface area contributed by atoms with Crippen molar-refractivity contribution in [1.29, 1.82) is 0 Å². The number of hydrogen-bond donors (Lipinski definition) is 1. The van der Waals surface area contributed by atoms with Crippen LogP contribution in [0.25, 0.3) is 10.8 Å². The summed E-state index contributed by atoms with van der Waals surface area (Å²) in [6, 6.07) is 18.6. The highest BCUT2D eigenvalue weighted by Crippen LogP contribution is 2.57. The maximum Gasteiger partial charge on any atom is 0.238 e. The number of amides is 2. The summed E-state index contributed by atoms with van der Waals surface area (Å²) in [6.45, 7) is 4.51. The lowest BCUT2D eigenvalue weighted by Gasteiger charge is -2.42. The van der Waals surface area contributed by atoms with Crippen LogP contribution >= 0.6 is 0 Å². The van der Waals surface area contributed by atoms with Crippen LogP contribution in [0.1, 0.15) is 31.2 Å². The first-order valence-corrected chi connectivity index (χ1v) is 15.5. The summed E-state index contributed by atoms with van der Waals surface area (Å²) in [5, 5.41) is 13.0. The number of Topliss-reactive ketones (excluding diaryl/α,β-unsaturated/α-hetero) is 1. The SMILES string of the molecule is CC1=CC(=O)C2=C(C[C@@H]3C(=CC[C@@H]4C(=O)N(c5ccc(N6CCOCC6)cc5)C(=O)[C@@H]43)[C@@H]2c2c(O)ccc3ccccc23)C1=O. The standard InChI is InChI=1S/C37H32N2O6/c1-20-18-30(41)33-28(35(20)42)19-27-25(34(33)32-24-5-3-2-4-21(24)6-13-29(32)40)11-12-26-31(27)37(44)39(36(26)43)23-9-7-22(8-10-23)38-14-16-45-17-15-38/h2-11,13,18,26-27,31,34,40H,12,14-17,19H2,1H3/t26-,27+,31-,34+/m0/s1. The van der Waals surface area contributed by atoms with Crippen LogP contribution in [0, 0.1) is 17.8 Å². The number of imide groups is 1. The number of phenolic OH excluding ortho intramolecular Hbond substituents is 1. The van der Waals surface area contributed by atoms with Crippen LogP contribution in [-0.2, 0) is 23.9 Å². The Morgan fingerprint density at radius 3 is 2.36 bits per heavy atom. The summed E-state index contributed by atoms with van der Waals surface area (Å²) < 4.78 is 5.46. The molecule has 0 aromatic heterocycles. The normalized spacial score (nSPS) is 26.5. The van der Waals surface area contributed by atoms with E-state index in [4.69, 9.17) is 4.74 Å². The second kappa shape index (κ2) is 10.4. The highest BCUT2D eigenvalue weighted by molar-refractivity contribution is 6.25. The Morgan fingerprint density at radius 2 is 1.58 bits per heavy atom. The molecule has 226 valence electrons. The number of ether oxygens (including phenoxy) is 1. The highest BCUT2D eigenvalue weighted by atomic mass is 16.5.